The Bertz CT molecular complexity index is 783. The fourth-order valence-electron chi connectivity index (χ4n) is 1.69. The van der Waals surface area contributed by atoms with E-state index in [1.807, 2.05) is 9.97 Å². The number of hydrogen-bond acceptors (Lipinski definition) is 5. The fraction of sp³-hybridized carbons (Fsp3) is 0.0909. The third-order valence-corrected chi connectivity index (χ3v) is 3.65. The lowest BCUT2D eigenvalue weighted by molar-refractivity contribution is 0.207. The van der Waals surface area contributed by atoms with Gasteiger partial charge in [-0.25, -0.2) is 4.79 Å². The van der Waals surface area contributed by atoms with Crippen molar-refractivity contribution in [2.24, 2.45) is 0 Å². The number of aliphatic hydroxyl groups excluding tert-OH is 1. The number of phenols is 1. The molecule has 2 rings (SSSR count). The van der Waals surface area contributed by atoms with E-state index in [4.69, 9.17) is 0 Å². The molecule has 1 heterocycles. The second kappa shape index (κ2) is 5.43. The Morgan fingerprint density at radius 3 is 2.35 bits per heavy atom. The van der Waals surface area contributed by atoms with Gasteiger partial charge in [-0.2, -0.15) is 0 Å². The minimum absolute atomic E-state index is 0.0147. The maximum Gasteiger partial charge on any atom is 0.328 e. The third kappa shape index (κ3) is 2.65. The van der Waals surface area contributed by atoms with Crippen molar-refractivity contribution in [1.82, 2.24) is 9.97 Å². The third-order valence-electron chi connectivity index (χ3n) is 2.58. The molecule has 0 bridgehead atoms. The summed E-state index contributed by atoms with van der Waals surface area (Å²) in [5.74, 6) is -1.05. The van der Waals surface area contributed by atoms with Crippen LogP contribution in [0.25, 0.3) is 0 Å². The van der Waals surface area contributed by atoms with Gasteiger partial charge in [0.15, 0.2) is 0 Å². The Balaban J connectivity index is 2.67. The zero-order valence-electron chi connectivity index (χ0n) is 9.65. The molecule has 0 aliphatic rings. The minimum atomic E-state index is -1.62. The maximum atomic E-state index is 11.7. The molecule has 1 aromatic carbocycles. The van der Waals surface area contributed by atoms with Crippen LogP contribution in [0.4, 0.5) is 0 Å². The molecule has 0 aliphatic carbocycles. The SMILES string of the molecule is O=c1[nH]c(O)c([C@H](O)c2cc(Br)cc(Br)c2O)c(=O)[nH]1. The van der Waals surface area contributed by atoms with Gasteiger partial charge >= 0.3 is 5.69 Å². The van der Waals surface area contributed by atoms with Gasteiger partial charge in [0.1, 0.15) is 17.4 Å². The first-order chi connectivity index (χ1) is 9.31. The number of aliphatic hydroxyl groups is 1. The number of hydrogen-bond donors (Lipinski definition) is 5. The first-order valence-corrected chi connectivity index (χ1v) is 6.81. The molecule has 0 saturated heterocycles. The predicted octanol–water partition coefficient (Wildman–Crippen LogP) is 1.08. The smallest absolute Gasteiger partial charge is 0.328 e. The highest BCUT2D eigenvalue weighted by atomic mass is 79.9. The highest BCUT2D eigenvalue weighted by Gasteiger charge is 2.24. The maximum absolute atomic E-state index is 11.7. The standard InChI is InChI=1S/C11H8Br2N2O5/c12-3-1-4(7(16)5(13)2-3)8(17)6-9(18)14-11(20)15-10(6)19/h1-2,8,16-17H,(H3,14,15,18,19,20)/t8-/m1/s1. The highest BCUT2D eigenvalue weighted by Crippen LogP contribution is 2.37. The monoisotopic (exact) mass is 406 g/mol. The Hall–Kier alpha value is -1.58. The number of aromatic nitrogens is 2. The molecule has 5 N–H and O–H groups in total. The molecule has 0 fully saturated rings. The molecule has 1 aromatic heterocycles. The Labute approximate surface area is 128 Å². The van der Waals surface area contributed by atoms with E-state index in [0.717, 1.165) is 0 Å². The van der Waals surface area contributed by atoms with Crippen molar-refractivity contribution in [1.29, 1.82) is 0 Å². The van der Waals surface area contributed by atoms with E-state index in [0.29, 0.717) is 8.95 Å². The average Bonchev–Trinajstić information content (AvgIpc) is 2.32. The second-order valence-electron chi connectivity index (χ2n) is 3.90. The zero-order valence-corrected chi connectivity index (χ0v) is 12.8. The number of phenolic OH excluding ortho intramolecular Hbond substituents is 1. The lowest BCUT2D eigenvalue weighted by atomic mass is 10.0. The molecule has 0 saturated carbocycles. The summed E-state index contributed by atoms with van der Waals surface area (Å²) in [6.07, 6.45) is -1.62. The highest BCUT2D eigenvalue weighted by molar-refractivity contribution is 9.11. The molecular formula is C11H8Br2N2O5. The van der Waals surface area contributed by atoms with Crippen molar-refractivity contribution in [3.8, 4) is 11.6 Å². The van der Waals surface area contributed by atoms with Crippen LogP contribution in [0.15, 0.2) is 30.7 Å². The van der Waals surface area contributed by atoms with Crippen molar-refractivity contribution in [3.05, 3.63) is 53.0 Å². The summed E-state index contributed by atoms with van der Waals surface area (Å²) in [5.41, 5.74) is -2.33. The van der Waals surface area contributed by atoms with Crippen molar-refractivity contribution >= 4 is 31.9 Å². The molecule has 0 unspecified atom stereocenters. The molecule has 0 aliphatic heterocycles. The first kappa shape index (κ1) is 14.8. The molecule has 7 nitrogen and oxygen atoms in total. The van der Waals surface area contributed by atoms with Crippen molar-refractivity contribution in [3.63, 3.8) is 0 Å². The average molecular weight is 408 g/mol. The van der Waals surface area contributed by atoms with Crippen LogP contribution in [0, 0.1) is 0 Å². The van der Waals surface area contributed by atoms with Crippen molar-refractivity contribution in [2.75, 3.05) is 0 Å². The molecule has 9 heteroatoms. The summed E-state index contributed by atoms with van der Waals surface area (Å²) in [6, 6.07) is 2.93. The van der Waals surface area contributed by atoms with Crippen LogP contribution in [0.1, 0.15) is 17.2 Å². The largest absolute Gasteiger partial charge is 0.506 e. The Morgan fingerprint density at radius 1 is 1.10 bits per heavy atom. The van der Waals surface area contributed by atoms with Gasteiger partial charge in [0.2, 0.25) is 5.88 Å². The molecule has 1 atom stereocenters. The Morgan fingerprint density at radius 2 is 1.75 bits per heavy atom. The minimum Gasteiger partial charge on any atom is -0.506 e. The van der Waals surface area contributed by atoms with E-state index in [1.165, 1.54) is 6.07 Å². The van der Waals surface area contributed by atoms with Crippen LogP contribution < -0.4 is 11.2 Å². The number of H-pyrrole nitrogens is 2. The number of aromatic amines is 2. The fourth-order valence-corrected chi connectivity index (χ4v) is 2.95. The quantitative estimate of drug-likeness (QED) is 0.509. The Kier molecular flexibility index (Phi) is 4.02. The number of rotatable bonds is 2. The van der Waals surface area contributed by atoms with Crippen molar-refractivity contribution < 1.29 is 15.3 Å². The van der Waals surface area contributed by atoms with Gasteiger partial charge in [0, 0.05) is 10.0 Å². The second-order valence-corrected chi connectivity index (χ2v) is 5.67. The van der Waals surface area contributed by atoms with Crippen LogP contribution in [0.5, 0.6) is 11.6 Å². The van der Waals surface area contributed by atoms with Crippen LogP contribution in [0.3, 0.4) is 0 Å². The summed E-state index contributed by atoms with van der Waals surface area (Å²) in [7, 11) is 0. The summed E-state index contributed by atoms with van der Waals surface area (Å²) in [4.78, 5) is 26.5. The molecular weight excluding hydrogens is 400 g/mol. The normalized spacial score (nSPS) is 12.3. The first-order valence-electron chi connectivity index (χ1n) is 5.22. The summed E-state index contributed by atoms with van der Waals surface area (Å²) < 4.78 is 0.831. The van der Waals surface area contributed by atoms with Crippen LogP contribution in [-0.4, -0.2) is 25.3 Å². The van der Waals surface area contributed by atoms with Gasteiger partial charge in [-0.05, 0) is 28.1 Å². The van der Waals surface area contributed by atoms with Gasteiger partial charge in [0.25, 0.3) is 5.56 Å². The van der Waals surface area contributed by atoms with E-state index in [2.05, 4.69) is 31.9 Å². The summed E-state index contributed by atoms with van der Waals surface area (Å²) in [6.45, 7) is 0. The number of halogens is 2. The van der Waals surface area contributed by atoms with Crippen LogP contribution in [-0.2, 0) is 0 Å². The van der Waals surface area contributed by atoms with Crippen LogP contribution >= 0.6 is 31.9 Å². The van der Waals surface area contributed by atoms with E-state index in [9.17, 15) is 24.9 Å². The van der Waals surface area contributed by atoms with Gasteiger partial charge in [-0.1, -0.05) is 15.9 Å². The van der Waals surface area contributed by atoms with E-state index >= 15 is 0 Å². The molecule has 2 aromatic rings. The predicted molar refractivity (Wildman–Crippen MR) is 76.9 cm³/mol. The van der Waals surface area contributed by atoms with Crippen molar-refractivity contribution in [2.45, 2.75) is 6.10 Å². The van der Waals surface area contributed by atoms with E-state index < -0.39 is 28.8 Å². The number of aromatic hydroxyl groups is 2. The molecule has 0 amide bonds. The number of nitrogens with one attached hydrogen (secondary N) is 2. The molecule has 0 radical (unpaired) electrons. The molecule has 106 valence electrons. The van der Waals surface area contributed by atoms with Gasteiger partial charge in [-0.15, -0.1) is 0 Å². The lowest BCUT2D eigenvalue weighted by Gasteiger charge is -2.14. The van der Waals surface area contributed by atoms with E-state index in [-0.39, 0.29) is 11.3 Å². The van der Waals surface area contributed by atoms with Crippen LogP contribution in [0.2, 0.25) is 0 Å². The number of benzene rings is 1. The summed E-state index contributed by atoms with van der Waals surface area (Å²) in [5, 5.41) is 29.7. The molecule has 0 spiro atoms. The zero-order chi connectivity index (χ0) is 15.0. The summed E-state index contributed by atoms with van der Waals surface area (Å²) >= 11 is 6.27. The lowest BCUT2D eigenvalue weighted by Crippen LogP contribution is -2.27. The van der Waals surface area contributed by atoms with Gasteiger partial charge < -0.3 is 15.3 Å². The molecule has 20 heavy (non-hydrogen) atoms. The van der Waals surface area contributed by atoms with Gasteiger partial charge in [0.05, 0.1) is 4.47 Å². The topological polar surface area (TPSA) is 126 Å². The van der Waals surface area contributed by atoms with E-state index in [1.54, 1.807) is 6.07 Å². The van der Waals surface area contributed by atoms with Gasteiger partial charge in [-0.3, -0.25) is 14.8 Å².